The van der Waals surface area contributed by atoms with E-state index in [0.29, 0.717) is 5.76 Å². The van der Waals surface area contributed by atoms with Gasteiger partial charge in [0.15, 0.2) is 0 Å². The van der Waals surface area contributed by atoms with Gasteiger partial charge < -0.3 is 9.52 Å². The average Bonchev–Trinajstić information content (AvgIpc) is 2.52. The first-order valence-electron chi connectivity index (χ1n) is 7.10. The van der Waals surface area contributed by atoms with Gasteiger partial charge in [0.2, 0.25) is 0 Å². The Hall–Kier alpha value is -2.81. The average molecular weight is 292 g/mol. The third kappa shape index (κ3) is 2.66. The standard InChI is InChI=1S/C19H16O3/c1-13-12-16(20)18(19(21)22-13)17(14-8-4-2-5-9-14)15-10-6-3-7-11-15/h2-12,17,20H,1H3. The molecule has 1 heterocycles. The molecule has 0 aliphatic rings. The Morgan fingerprint density at radius 3 is 1.86 bits per heavy atom. The lowest BCUT2D eigenvalue weighted by molar-refractivity contribution is 0.421. The SMILES string of the molecule is Cc1cc(O)c(C(c2ccccc2)c2ccccc2)c(=O)o1. The van der Waals surface area contributed by atoms with Crippen LogP contribution in [-0.2, 0) is 0 Å². The zero-order valence-electron chi connectivity index (χ0n) is 12.2. The van der Waals surface area contributed by atoms with E-state index in [1.165, 1.54) is 6.07 Å². The molecule has 110 valence electrons. The van der Waals surface area contributed by atoms with Crippen molar-refractivity contribution in [2.45, 2.75) is 12.8 Å². The molecule has 22 heavy (non-hydrogen) atoms. The van der Waals surface area contributed by atoms with Crippen molar-refractivity contribution in [2.75, 3.05) is 0 Å². The molecule has 2 aromatic carbocycles. The number of hydrogen-bond acceptors (Lipinski definition) is 3. The van der Waals surface area contributed by atoms with E-state index in [4.69, 9.17) is 4.42 Å². The van der Waals surface area contributed by atoms with Crippen molar-refractivity contribution in [2.24, 2.45) is 0 Å². The molecule has 0 atom stereocenters. The van der Waals surface area contributed by atoms with Crippen LogP contribution < -0.4 is 5.63 Å². The zero-order valence-corrected chi connectivity index (χ0v) is 12.2. The molecular weight excluding hydrogens is 276 g/mol. The molecule has 3 rings (SSSR count). The summed E-state index contributed by atoms with van der Waals surface area (Å²) in [7, 11) is 0. The molecule has 3 nitrogen and oxygen atoms in total. The summed E-state index contributed by atoms with van der Waals surface area (Å²) < 4.78 is 5.20. The van der Waals surface area contributed by atoms with E-state index in [1.807, 2.05) is 60.7 Å². The van der Waals surface area contributed by atoms with Gasteiger partial charge in [-0.25, -0.2) is 4.79 Å². The molecule has 0 saturated carbocycles. The van der Waals surface area contributed by atoms with Crippen molar-refractivity contribution in [3.8, 4) is 5.75 Å². The number of rotatable bonds is 3. The van der Waals surface area contributed by atoms with Crippen LogP contribution in [-0.4, -0.2) is 5.11 Å². The summed E-state index contributed by atoms with van der Waals surface area (Å²) in [5.41, 5.74) is 1.62. The highest BCUT2D eigenvalue weighted by atomic mass is 16.4. The Labute approximate surface area is 128 Å². The van der Waals surface area contributed by atoms with E-state index in [1.54, 1.807) is 6.92 Å². The van der Waals surface area contributed by atoms with E-state index < -0.39 is 5.63 Å². The second-order valence-corrected chi connectivity index (χ2v) is 5.20. The van der Waals surface area contributed by atoms with Crippen LogP contribution >= 0.6 is 0 Å². The second kappa shape index (κ2) is 5.90. The van der Waals surface area contributed by atoms with Crippen LogP contribution in [0.1, 0.15) is 28.4 Å². The minimum Gasteiger partial charge on any atom is -0.507 e. The van der Waals surface area contributed by atoms with Crippen LogP contribution in [0.5, 0.6) is 5.75 Å². The number of benzene rings is 2. The highest BCUT2D eigenvalue weighted by Gasteiger charge is 2.24. The molecule has 0 saturated heterocycles. The monoisotopic (exact) mass is 292 g/mol. The van der Waals surface area contributed by atoms with Gasteiger partial charge in [-0.15, -0.1) is 0 Å². The van der Waals surface area contributed by atoms with Gasteiger partial charge in [0.05, 0.1) is 5.56 Å². The third-order valence-electron chi connectivity index (χ3n) is 3.64. The van der Waals surface area contributed by atoms with E-state index >= 15 is 0 Å². The van der Waals surface area contributed by atoms with Gasteiger partial charge in [0.25, 0.3) is 0 Å². The Morgan fingerprint density at radius 2 is 1.41 bits per heavy atom. The number of aromatic hydroxyl groups is 1. The summed E-state index contributed by atoms with van der Waals surface area (Å²) in [5.74, 6) is -0.00294. The first kappa shape index (κ1) is 14.1. The molecular formula is C19H16O3. The van der Waals surface area contributed by atoms with Gasteiger partial charge in [-0.3, -0.25) is 0 Å². The lowest BCUT2D eigenvalue weighted by Gasteiger charge is -2.18. The highest BCUT2D eigenvalue weighted by molar-refractivity contribution is 5.47. The van der Waals surface area contributed by atoms with E-state index in [9.17, 15) is 9.90 Å². The van der Waals surface area contributed by atoms with Crippen molar-refractivity contribution >= 4 is 0 Å². The van der Waals surface area contributed by atoms with Crippen molar-refractivity contribution in [3.63, 3.8) is 0 Å². The minimum atomic E-state index is -0.504. The van der Waals surface area contributed by atoms with Crippen LogP contribution in [0.4, 0.5) is 0 Å². The molecule has 0 radical (unpaired) electrons. The van der Waals surface area contributed by atoms with Crippen LogP contribution in [0, 0.1) is 6.92 Å². The van der Waals surface area contributed by atoms with Crippen LogP contribution in [0.15, 0.2) is 75.9 Å². The fraction of sp³-hybridized carbons (Fsp3) is 0.105. The molecule has 3 aromatic rings. The van der Waals surface area contributed by atoms with Gasteiger partial charge in [-0.1, -0.05) is 60.7 Å². The minimum absolute atomic E-state index is 0.0357. The maximum Gasteiger partial charge on any atom is 0.343 e. The maximum absolute atomic E-state index is 12.3. The van der Waals surface area contributed by atoms with E-state index in [0.717, 1.165) is 11.1 Å². The molecule has 0 aliphatic carbocycles. The van der Waals surface area contributed by atoms with Crippen LogP contribution in [0.25, 0.3) is 0 Å². The maximum atomic E-state index is 12.3. The molecule has 0 amide bonds. The highest BCUT2D eigenvalue weighted by Crippen LogP contribution is 2.34. The Bertz CT molecular complexity index is 781. The summed E-state index contributed by atoms with van der Waals surface area (Å²) >= 11 is 0. The van der Waals surface area contributed by atoms with Crippen molar-refractivity contribution < 1.29 is 9.52 Å². The third-order valence-corrected chi connectivity index (χ3v) is 3.64. The molecule has 0 unspecified atom stereocenters. The van der Waals surface area contributed by atoms with Crippen molar-refractivity contribution in [1.29, 1.82) is 0 Å². The molecule has 1 aromatic heterocycles. The Kier molecular flexibility index (Phi) is 3.79. The first-order valence-corrected chi connectivity index (χ1v) is 7.10. The summed E-state index contributed by atoms with van der Waals surface area (Å²) in [5, 5.41) is 10.3. The van der Waals surface area contributed by atoms with Gasteiger partial charge in [0, 0.05) is 12.0 Å². The normalized spacial score (nSPS) is 10.8. The lowest BCUT2D eigenvalue weighted by atomic mass is 9.85. The molecule has 3 heteroatoms. The molecule has 1 N–H and O–H groups in total. The van der Waals surface area contributed by atoms with Gasteiger partial charge >= 0.3 is 5.63 Å². The van der Waals surface area contributed by atoms with Gasteiger partial charge in [0.1, 0.15) is 11.5 Å². The Balaban J connectivity index is 2.26. The lowest BCUT2D eigenvalue weighted by Crippen LogP contribution is -2.15. The van der Waals surface area contributed by atoms with E-state index in [-0.39, 0.29) is 17.2 Å². The van der Waals surface area contributed by atoms with Crippen LogP contribution in [0.3, 0.4) is 0 Å². The van der Waals surface area contributed by atoms with Gasteiger partial charge in [-0.2, -0.15) is 0 Å². The zero-order chi connectivity index (χ0) is 15.5. The topological polar surface area (TPSA) is 50.4 Å². The summed E-state index contributed by atoms with van der Waals surface area (Å²) in [6.45, 7) is 1.64. The molecule has 0 bridgehead atoms. The van der Waals surface area contributed by atoms with Crippen molar-refractivity contribution in [3.05, 3.63) is 99.6 Å². The Morgan fingerprint density at radius 1 is 0.909 bits per heavy atom. The van der Waals surface area contributed by atoms with Gasteiger partial charge in [-0.05, 0) is 18.1 Å². The quantitative estimate of drug-likeness (QED) is 0.798. The summed E-state index contributed by atoms with van der Waals surface area (Å²) in [4.78, 5) is 12.3. The largest absolute Gasteiger partial charge is 0.507 e. The predicted molar refractivity (Wildman–Crippen MR) is 85.2 cm³/mol. The fourth-order valence-electron chi connectivity index (χ4n) is 2.69. The molecule has 0 spiro atoms. The number of hydrogen-bond donors (Lipinski definition) is 1. The fourth-order valence-corrected chi connectivity index (χ4v) is 2.69. The van der Waals surface area contributed by atoms with Crippen LogP contribution in [0.2, 0.25) is 0 Å². The first-order chi connectivity index (χ1) is 10.7. The number of aryl methyl sites for hydroxylation is 1. The van der Waals surface area contributed by atoms with E-state index in [2.05, 4.69) is 0 Å². The molecule has 0 aliphatic heterocycles. The predicted octanol–water partition coefficient (Wildman–Crippen LogP) is 3.83. The summed E-state index contributed by atoms with van der Waals surface area (Å²) in [6.07, 6.45) is 0. The summed E-state index contributed by atoms with van der Waals surface area (Å²) in [6, 6.07) is 20.7. The smallest absolute Gasteiger partial charge is 0.343 e. The molecule has 0 fully saturated rings. The second-order valence-electron chi connectivity index (χ2n) is 5.20. The van der Waals surface area contributed by atoms with Crippen molar-refractivity contribution in [1.82, 2.24) is 0 Å².